The van der Waals surface area contributed by atoms with Crippen LogP contribution in [0.1, 0.15) is 67.3 Å². The molecule has 3 aromatic heterocycles. The largest absolute Gasteiger partial charge is 0.373 e. The lowest BCUT2D eigenvalue weighted by atomic mass is 9.88. The summed E-state index contributed by atoms with van der Waals surface area (Å²) in [5.41, 5.74) is 3.37. The van der Waals surface area contributed by atoms with Crippen LogP contribution in [0.25, 0.3) is 16.8 Å². The average molecular weight is 523 g/mol. The molecule has 0 saturated carbocycles. The number of aromatic nitrogens is 4. The van der Waals surface area contributed by atoms with Crippen molar-refractivity contribution in [3.05, 3.63) is 96.7 Å². The van der Waals surface area contributed by atoms with Crippen molar-refractivity contribution in [3.63, 3.8) is 0 Å². The summed E-state index contributed by atoms with van der Waals surface area (Å²) in [6.45, 7) is 7.87. The molecular weight excluding hydrogens is 495 g/mol. The Bertz CT molecular complexity index is 1630. The highest BCUT2D eigenvalue weighted by molar-refractivity contribution is 6.30. The predicted molar refractivity (Wildman–Crippen MR) is 141 cm³/mol. The van der Waals surface area contributed by atoms with Crippen molar-refractivity contribution >= 4 is 17.2 Å². The van der Waals surface area contributed by atoms with Crippen LogP contribution < -0.4 is 11.1 Å². The van der Waals surface area contributed by atoms with Crippen LogP contribution >= 0.6 is 11.6 Å². The van der Waals surface area contributed by atoms with Gasteiger partial charge in [0.15, 0.2) is 5.65 Å². The van der Waals surface area contributed by atoms with E-state index in [9.17, 15) is 9.59 Å². The minimum absolute atomic E-state index is 0.0249. The number of halogens is 2. The summed E-state index contributed by atoms with van der Waals surface area (Å²) >= 11 is 6.00. The normalized spacial score (nSPS) is 18.0. The Hall–Kier alpha value is -3.36. The Labute approximate surface area is 218 Å². The molecule has 1 aliphatic heterocycles. The average Bonchev–Trinajstić information content (AvgIpc) is 2.87. The second kappa shape index (κ2) is 9.84. The molecular formula is C28H28ClFN4O3. The smallest absolute Gasteiger partial charge is 0.277 e. The van der Waals surface area contributed by atoms with E-state index in [1.807, 2.05) is 26.1 Å². The number of hydrogen-bond donors (Lipinski definition) is 0. The molecule has 4 heterocycles. The topological polar surface area (TPSA) is 78.5 Å². The molecule has 4 aromatic rings. The highest BCUT2D eigenvalue weighted by atomic mass is 35.5. The van der Waals surface area contributed by atoms with Crippen LogP contribution in [0.15, 0.2) is 52.2 Å². The first-order valence-corrected chi connectivity index (χ1v) is 12.7. The lowest BCUT2D eigenvalue weighted by Gasteiger charge is -2.30. The molecule has 0 bridgehead atoms. The fourth-order valence-electron chi connectivity index (χ4n) is 4.84. The zero-order valence-electron chi connectivity index (χ0n) is 21.2. The van der Waals surface area contributed by atoms with Gasteiger partial charge in [0.05, 0.1) is 11.8 Å². The van der Waals surface area contributed by atoms with Crippen LogP contribution in [0, 0.1) is 19.7 Å². The fraction of sp³-hybridized carbons (Fsp3) is 0.357. The fourth-order valence-corrected chi connectivity index (χ4v) is 5.00. The summed E-state index contributed by atoms with van der Waals surface area (Å²) in [4.78, 5) is 30.1. The summed E-state index contributed by atoms with van der Waals surface area (Å²) < 4.78 is 24.1. The van der Waals surface area contributed by atoms with Crippen molar-refractivity contribution < 1.29 is 9.13 Å². The summed E-state index contributed by atoms with van der Waals surface area (Å²) in [5.74, 6) is -0.551. The van der Waals surface area contributed by atoms with Gasteiger partial charge in [-0.05, 0) is 76.4 Å². The van der Waals surface area contributed by atoms with Gasteiger partial charge in [-0.1, -0.05) is 11.6 Å². The van der Waals surface area contributed by atoms with Gasteiger partial charge >= 0.3 is 0 Å². The van der Waals surface area contributed by atoms with Gasteiger partial charge in [-0.2, -0.15) is 9.61 Å². The first-order chi connectivity index (χ1) is 17.6. The third-order valence-corrected chi connectivity index (χ3v) is 7.33. The van der Waals surface area contributed by atoms with Gasteiger partial charge in [0.2, 0.25) is 0 Å². The van der Waals surface area contributed by atoms with E-state index in [1.54, 1.807) is 42.7 Å². The highest BCUT2D eigenvalue weighted by Crippen LogP contribution is 2.38. The molecule has 0 spiro atoms. The maximum Gasteiger partial charge on any atom is 0.277 e. The van der Waals surface area contributed by atoms with Gasteiger partial charge in [-0.3, -0.25) is 9.59 Å². The predicted octanol–water partition coefficient (Wildman–Crippen LogP) is 5.54. The number of benzene rings is 1. The third kappa shape index (κ3) is 4.71. The monoisotopic (exact) mass is 522 g/mol. The van der Waals surface area contributed by atoms with Crippen molar-refractivity contribution in [1.82, 2.24) is 19.2 Å². The van der Waals surface area contributed by atoms with Crippen LogP contribution in [0.4, 0.5) is 4.39 Å². The standard InChI is InChI=1S/C28H28ClFN4O3/c1-15(2)33-14-19(5-8-26(33)35)25-11-18(9-10-37-25)24-13-22(21-7-6-20(29)12-23(21)30)27-31-17(4)16(3)28(36)34(27)32-24/h5-8,12-15,18,25H,9-11H2,1-4H3/t18-,25+/m0/s1. The molecule has 0 amide bonds. The summed E-state index contributed by atoms with van der Waals surface area (Å²) in [7, 11) is 0. The van der Waals surface area contributed by atoms with Crippen LogP contribution in [0.3, 0.4) is 0 Å². The molecule has 1 aliphatic rings. The minimum atomic E-state index is -0.500. The summed E-state index contributed by atoms with van der Waals surface area (Å²) in [5, 5.41) is 4.99. The maximum atomic E-state index is 15.1. The van der Waals surface area contributed by atoms with Gasteiger partial charge in [0.25, 0.3) is 11.1 Å². The second-order valence-corrected chi connectivity index (χ2v) is 10.3. The summed E-state index contributed by atoms with van der Waals surface area (Å²) in [6, 6.07) is 9.68. The Kier molecular flexibility index (Phi) is 6.72. The van der Waals surface area contributed by atoms with Crippen LogP contribution in [-0.4, -0.2) is 25.8 Å². The van der Waals surface area contributed by atoms with Crippen molar-refractivity contribution in [3.8, 4) is 11.1 Å². The van der Waals surface area contributed by atoms with E-state index in [-0.39, 0.29) is 34.2 Å². The molecule has 7 nitrogen and oxygen atoms in total. The molecule has 5 rings (SSSR count). The number of hydrogen-bond acceptors (Lipinski definition) is 5. The molecule has 1 fully saturated rings. The molecule has 37 heavy (non-hydrogen) atoms. The van der Waals surface area contributed by atoms with Crippen LogP contribution in [-0.2, 0) is 4.74 Å². The van der Waals surface area contributed by atoms with E-state index in [0.717, 1.165) is 5.56 Å². The Morgan fingerprint density at radius 3 is 2.62 bits per heavy atom. The first-order valence-electron chi connectivity index (χ1n) is 12.3. The van der Waals surface area contributed by atoms with Crippen molar-refractivity contribution in [2.24, 2.45) is 0 Å². The molecule has 0 aliphatic carbocycles. The van der Waals surface area contributed by atoms with E-state index in [4.69, 9.17) is 21.4 Å². The summed E-state index contributed by atoms with van der Waals surface area (Å²) in [6.07, 6.45) is 2.90. The number of aryl methyl sites for hydroxylation is 1. The Balaban J connectivity index is 1.63. The number of fused-ring (bicyclic) bond motifs is 1. The molecule has 1 aromatic carbocycles. The van der Waals surface area contributed by atoms with E-state index in [0.29, 0.717) is 53.2 Å². The third-order valence-electron chi connectivity index (χ3n) is 7.09. The van der Waals surface area contributed by atoms with E-state index in [1.165, 1.54) is 10.6 Å². The maximum absolute atomic E-state index is 15.1. The van der Waals surface area contributed by atoms with Gasteiger partial charge < -0.3 is 9.30 Å². The molecule has 1 saturated heterocycles. The van der Waals surface area contributed by atoms with Crippen LogP contribution in [0.2, 0.25) is 5.02 Å². The molecule has 9 heteroatoms. The Morgan fingerprint density at radius 1 is 1.11 bits per heavy atom. The van der Waals surface area contributed by atoms with Gasteiger partial charge in [-0.15, -0.1) is 0 Å². The van der Waals surface area contributed by atoms with E-state index < -0.39 is 5.82 Å². The lowest BCUT2D eigenvalue weighted by Crippen LogP contribution is -2.26. The zero-order chi connectivity index (χ0) is 26.4. The van der Waals surface area contributed by atoms with Gasteiger partial charge in [0, 0.05) is 58.2 Å². The number of pyridine rings is 1. The highest BCUT2D eigenvalue weighted by Gasteiger charge is 2.28. The van der Waals surface area contributed by atoms with Gasteiger partial charge in [0.1, 0.15) is 5.82 Å². The van der Waals surface area contributed by atoms with Crippen molar-refractivity contribution in [2.45, 2.75) is 58.6 Å². The molecule has 192 valence electrons. The number of nitrogens with zero attached hydrogens (tertiary/aromatic N) is 4. The quantitative estimate of drug-likeness (QED) is 0.351. The van der Waals surface area contributed by atoms with Gasteiger partial charge in [-0.25, -0.2) is 9.37 Å². The first kappa shape index (κ1) is 25.3. The Morgan fingerprint density at radius 2 is 1.89 bits per heavy atom. The second-order valence-electron chi connectivity index (χ2n) is 9.85. The van der Waals surface area contributed by atoms with E-state index in [2.05, 4.69) is 4.98 Å². The molecule has 0 unspecified atom stereocenters. The SMILES string of the molecule is Cc1nc2c(-c3ccc(Cl)cc3F)cc([C@H]3CCO[C@@H](c4ccc(=O)n(C(C)C)c4)C3)nn2c(=O)c1C. The molecule has 2 atom stereocenters. The van der Waals surface area contributed by atoms with Crippen LogP contribution in [0.5, 0.6) is 0 Å². The molecule has 0 N–H and O–H groups in total. The van der Waals surface area contributed by atoms with Crippen molar-refractivity contribution in [1.29, 1.82) is 0 Å². The lowest BCUT2D eigenvalue weighted by molar-refractivity contribution is 0.00404. The number of rotatable bonds is 4. The molecule has 0 radical (unpaired) electrons. The minimum Gasteiger partial charge on any atom is -0.373 e. The number of ether oxygens (including phenoxy) is 1. The zero-order valence-corrected chi connectivity index (χ0v) is 21.9. The van der Waals surface area contributed by atoms with E-state index >= 15 is 4.39 Å². The van der Waals surface area contributed by atoms with Crippen molar-refractivity contribution in [2.75, 3.05) is 6.61 Å².